The monoisotopic (exact) mass is 236 g/mol. The molecule has 0 aromatic heterocycles. The molecule has 1 nitrogen and oxygen atoms in total. The van der Waals surface area contributed by atoms with Gasteiger partial charge in [0, 0.05) is 0 Å². The Morgan fingerprint density at radius 3 is 1.94 bits per heavy atom. The third-order valence-electron chi connectivity index (χ3n) is 6.11. The fourth-order valence-corrected chi connectivity index (χ4v) is 4.09. The zero-order valence-electron chi connectivity index (χ0n) is 12.3. The molecule has 2 rings (SSSR count). The van der Waals surface area contributed by atoms with Crippen molar-refractivity contribution >= 4 is 0 Å². The van der Waals surface area contributed by atoms with E-state index >= 15 is 0 Å². The van der Waals surface area contributed by atoms with Gasteiger partial charge in [-0.15, -0.1) is 0 Å². The van der Waals surface area contributed by atoms with Crippen molar-refractivity contribution in [2.24, 2.45) is 22.7 Å². The fraction of sp³-hybridized carbons (Fsp3) is 0.875. The maximum atomic E-state index is 9.97. The maximum Gasteiger partial charge on any atom is 0.0580 e. The number of aliphatic hydroxyl groups is 1. The minimum absolute atomic E-state index is 0.107. The van der Waals surface area contributed by atoms with E-state index in [0.717, 1.165) is 19.3 Å². The Labute approximate surface area is 106 Å². The minimum Gasteiger partial charge on any atom is -0.393 e. The Kier molecular flexibility index (Phi) is 2.97. The highest BCUT2D eigenvalue weighted by Crippen LogP contribution is 2.58. The topological polar surface area (TPSA) is 20.2 Å². The molecule has 98 valence electrons. The first-order chi connectivity index (χ1) is 7.69. The summed E-state index contributed by atoms with van der Waals surface area (Å²) in [6.07, 6.45) is 2.86. The molecule has 2 aliphatic rings. The molecule has 0 saturated heterocycles. The summed E-state index contributed by atoms with van der Waals surface area (Å²) in [5, 5.41) is 9.97. The van der Waals surface area contributed by atoms with Crippen LogP contribution in [0.15, 0.2) is 11.1 Å². The van der Waals surface area contributed by atoms with Crippen molar-refractivity contribution in [1.29, 1.82) is 0 Å². The van der Waals surface area contributed by atoms with Crippen molar-refractivity contribution in [1.82, 2.24) is 0 Å². The largest absolute Gasteiger partial charge is 0.393 e. The van der Waals surface area contributed by atoms with Crippen LogP contribution in [-0.4, -0.2) is 11.2 Å². The van der Waals surface area contributed by atoms with Gasteiger partial charge < -0.3 is 5.11 Å². The van der Waals surface area contributed by atoms with E-state index in [1.165, 1.54) is 0 Å². The van der Waals surface area contributed by atoms with Crippen LogP contribution in [0.4, 0.5) is 0 Å². The Balaban J connectivity index is 2.55. The normalized spacial score (nSPS) is 40.1. The summed E-state index contributed by atoms with van der Waals surface area (Å²) in [6, 6.07) is 0. The summed E-state index contributed by atoms with van der Waals surface area (Å²) in [4.78, 5) is 0. The molecule has 2 aliphatic carbocycles. The lowest BCUT2D eigenvalue weighted by atomic mass is 9.51. The van der Waals surface area contributed by atoms with Crippen LogP contribution in [0.3, 0.4) is 0 Å². The maximum absolute atomic E-state index is 9.97. The molecule has 0 fully saturated rings. The lowest BCUT2D eigenvalue weighted by molar-refractivity contribution is 0.0580. The molecule has 0 aromatic rings. The van der Waals surface area contributed by atoms with Gasteiger partial charge in [0.2, 0.25) is 0 Å². The second-order valence-corrected chi connectivity index (χ2v) is 7.37. The number of hydrogen-bond acceptors (Lipinski definition) is 1. The molecule has 0 bridgehead atoms. The van der Waals surface area contributed by atoms with Gasteiger partial charge in [-0.25, -0.2) is 0 Å². The Hall–Kier alpha value is -0.300. The first kappa shape index (κ1) is 13.1. The number of allylic oxidation sites excluding steroid dienone is 1. The molecule has 3 unspecified atom stereocenters. The summed E-state index contributed by atoms with van der Waals surface area (Å²) in [5.41, 5.74) is 3.78. The van der Waals surface area contributed by atoms with E-state index in [9.17, 15) is 5.11 Å². The number of hydrogen-bond donors (Lipinski definition) is 1. The van der Waals surface area contributed by atoms with Gasteiger partial charge in [-0.05, 0) is 41.9 Å². The van der Waals surface area contributed by atoms with Crippen molar-refractivity contribution in [3.63, 3.8) is 0 Å². The van der Waals surface area contributed by atoms with Gasteiger partial charge >= 0.3 is 0 Å². The first-order valence-corrected chi connectivity index (χ1v) is 7.10. The summed E-state index contributed by atoms with van der Waals surface area (Å²) in [6.45, 7) is 14.3. The molecule has 17 heavy (non-hydrogen) atoms. The summed E-state index contributed by atoms with van der Waals surface area (Å²) in [5.74, 6) is 1.40. The molecule has 1 N–H and O–H groups in total. The molecule has 0 spiro atoms. The fourth-order valence-electron chi connectivity index (χ4n) is 4.09. The standard InChI is InChI=1S/C16H28O/c1-10-11(2)16(5,6)14-9-12(17)7-8-13(14)15(10,3)4/h10-12,17H,7-9H2,1-6H3. The van der Waals surface area contributed by atoms with Crippen LogP contribution in [0.1, 0.15) is 60.8 Å². The van der Waals surface area contributed by atoms with Crippen LogP contribution in [0.2, 0.25) is 0 Å². The molecule has 0 aliphatic heterocycles. The molecule has 0 radical (unpaired) electrons. The highest BCUT2D eigenvalue weighted by atomic mass is 16.3. The lowest BCUT2D eigenvalue weighted by Gasteiger charge is -2.54. The third kappa shape index (κ3) is 1.78. The van der Waals surface area contributed by atoms with Crippen molar-refractivity contribution in [3.8, 4) is 0 Å². The van der Waals surface area contributed by atoms with Crippen LogP contribution in [0, 0.1) is 22.7 Å². The van der Waals surface area contributed by atoms with E-state index < -0.39 is 0 Å². The van der Waals surface area contributed by atoms with Crippen molar-refractivity contribution in [2.45, 2.75) is 66.9 Å². The van der Waals surface area contributed by atoms with Crippen LogP contribution >= 0.6 is 0 Å². The van der Waals surface area contributed by atoms with Gasteiger partial charge in [-0.3, -0.25) is 0 Å². The van der Waals surface area contributed by atoms with Crippen molar-refractivity contribution in [2.75, 3.05) is 0 Å². The van der Waals surface area contributed by atoms with Gasteiger partial charge in [-0.2, -0.15) is 0 Å². The zero-order chi connectivity index (χ0) is 13.0. The van der Waals surface area contributed by atoms with Gasteiger partial charge in [0.15, 0.2) is 0 Å². The average molecular weight is 236 g/mol. The molecular formula is C16H28O. The Bertz CT molecular complexity index is 349. The third-order valence-corrected chi connectivity index (χ3v) is 6.11. The van der Waals surface area contributed by atoms with E-state index in [4.69, 9.17) is 0 Å². The highest BCUT2D eigenvalue weighted by Gasteiger charge is 2.49. The summed E-state index contributed by atoms with van der Waals surface area (Å²) < 4.78 is 0. The van der Waals surface area contributed by atoms with E-state index in [2.05, 4.69) is 41.5 Å². The van der Waals surface area contributed by atoms with Gasteiger partial charge in [0.1, 0.15) is 0 Å². The Morgan fingerprint density at radius 2 is 1.41 bits per heavy atom. The van der Waals surface area contributed by atoms with Crippen LogP contribution in [0.25, 0.3) is 0 Å². The van der Waals surface area contributed by atoms with E-state index in [1.807, 2.05) is 0 Å². The predicted molar refractivity (Wildman–Crippen MR) is 72.8 cm³/mol. The van der Waals surface area contributed by atoms with E-state index in [0.29, 0.717) is 17.3 Å². The van der Waals surface area contributed by atoms with Crippen LogP contribution in [-0.2, 0) is 0 Å². The predicted octanol–water partition coefficient (Wildman–Crippen LogP) is 4.17. The minimum atomic E-state index is -0.107. The first-order valence-electron chi connectivity index (χ1n) is 7.10. The Morgan fingerprint density at radius 1 is 0.941 bits per heavy atom. The summed E-state index contributed by atoms with van der Waals surface area (Å²) >= 11 is 0. The van der Waals surface area contributed by atoms with Crippen molar-refractivity contribution in [3.05, 3.63) is 11.1 Å². The quantitative estimate of drug-likeness (QED) is 0.626. The second-order valence-electron chi connectivity index (χ2n) is 7.37. The molecular weight excluding hydrogens is 208 g/mol. The molecule has 1 heteroatoms. The molecule has 0 heterocycles. The zero-order valence-corrected chi connectivity index (χ0v) is 12.3. The van der Waals surface area contributed by atoms with E-state index in [1.54, 1.807) is 11.1 Å². The van der Waals surface area contributed by atoms with E-state index in [-0.39, 0.29) is 11.5 Å². The number of rotatable bonds is 0. The average Bonchev–Trinajstić information content (AvgIpc) is 2.25. The summed E-state index contributed by atoms with van der Waals surface area (Å²) in [7, 11) is 0. The van der Waals surface area contributed by atoms with Crippen LogP contribution < -0.4 is 0 Å². The molecule has 3 atom stereocenters. The van der Waals surface area contributed by atoms with Gasteiger partial charge in [0.05, 0.1) is 6.10 Å². The highest BCUT2D eigenvalue weighted by molar-refractivity contribution is 5.34. The second kappa shape index (κ2) is 3.85. The SMILES string of the molecule is CC1C(C)C(C)(C)C2=C(CCC(O)C2)C1(C)C. The molecule has 0 amide bonds. The lowest BCUT2D eigenvalue weighted by Crippen LogP contribution is -2.46. The van der Waals surface area contributed by atoms with Gasteiger partial charge in [-0.1, -0.05) is 52.7 Å². The van der Waals surface area contributed by atoms with Crippen LogP contribution in [0.5, 0.6) is 0 Å². The molecule has 0 aromatic carbocycles. The van der Waals surface area contributed by atoms with Gasteiger partial charge in [0.25, 0.3) is 0 Å². The number of aliphatic hydroxyl groups excluding tert-OH is 1. The molecule has 0 saturated carbocycles. The smallest absolute Gasteiger partial charge is 0.0580 e. The van der Waals surface area contributed by atoms with Crippen molar-refractivity contribution < 1.29 is 5.11 Å².